The topological polar surface area (TPSA) is 35.5 Å². The van der Waals surface area contributed by atoms with Crippen molar-refractivity contribution >= 4 is 5.78 Å². The van der Waals surface area contributed by atoms with Gasteiger partial charge in [0.15, 0.2) is 17.2 Å². The lowest BCUT2D eigenvalue weighted by Crippen LogP contribution is -2.46. The maximum absolute atomic E-state index is 13.4. The third-order valence-corrected chi connectivity index (χ3v) is 5.60. The van der Waals surface area contributed by atoms with Gasteiger partial charge in [-0.1, -0.05) is 48.5 Å². The van der Waals surface area contributed by atoms with E-state index in [9.17, 15) is 4.79 Å². The number of hydrogen-bond acceptors (Lipinski definition) is 3. The van der Waals surface area contributed by atoms with Crippen molar-refractivity contribution in [1.82, 2.24) is 0 Å². The Bertz CT molecular complexity index is 827. The Morgan fingerprint density at radius 1 is 1.13 bits per heavy atom. The zero-order chi connectivity index (χ0) is 15.7. The Hall–Kier alpha value is -1.97. The van der Waals surface area contributed by atoms with E-state index in [1.807, 2.05) is 49.4 Å². The van der Waals surface area contributed by atoms with Crippen LogP contribution in [0.5, 0.6) is 0 Å². The quantitative estimate of drug-likeness (QED) is 0.851. The first-order chi connectivity index (χ1) is 11.2. The molecule has 0 radical (unpaired) electrons. The Labute approximate surface area is 135 Å². The molecule has 2 aromatic carbocycles. The molecule has 2 heterocycles. The number of benzene rings is 2. The number of Topliss-reactive ketones (excluding diaryl/α,β-unsaturated/α-hetero) is 1. The average Bonchev–Trinajstić information content (AvgIpc) is 3.03. The third kappa shape index (κ3) is 1.45. The van der Waals surface area contributed by atoms with Crippen molar-refractivity contribution in [1.29, 1.82) is 0 Å². The standard InChI is InChI=1S/C20H18O3/c1-2-22-19-12-14-11-13-7-3-5-9-16(13)20(14,23-19)18(21)15-8-4-6-10-17(15)19/h3-10,14H,2,11-12H2,1H3/t14-,19+,20+/m0/s1. The van der Waals surface area contributed by atoms with E-state index in [4.69, 9.17) is 9.47 Å². The van der Waals surface area contributed by atoms with Crippen LogP contribution < -0.4 is 0 Å². The van der Waals surface area contributed by atoms with Crippen LogP contribution >= 0.6 is 0 Å². The maximum atomic E-state index is 13.4. The van der Waals surface area contributed by atoms with Crippen LogP contribution in [-0.4, -0.2) is 12.4 Å². The van der Waals surface area contributed by atoms with Crippen molar-refractivity contribution < 1.29 is 14.3 Å². The lowest BCUT2D eigenvalue weighted by atomic mass is 9.81. The van der Waals surface area contributed by atoms with Crippen molar-refractivity contribution in [2.45, 2.75) is 31.2 Å². The van der Waals surface area contributed by atoms with E-state index in [1.54, 1.807) is 0 Å². The summed E-state index contributed by atoms with van der Waals surface area (Å²) in [6.07, 6.45) is 1.61. The predicted molar refractivity (Wildman–Crippen MR) is 85.1 cm³/mol. The van der Waals surface area contributed by atoms with Gasteiger partial charge in [-0.25, -0.2) is 0 Å². The van der Waals surface area contributed by atoms with Gasteiger partial charge < -0.3 is 9.47 Å². The summed E-state index contributed by atoms with van der Waals surface area (Å²) < 4.78 is 12.6. The van der Waals surface area contributed by atoms with E-state index < -0.39 is 11.4 Å². The number of fused-ring (bicyclic) bond motifs is 4. The van der Waals surface area contributed by atoms with Gasteiger partial charge in [0.25, 0.3) is 0 Å². The fourth-order valence-electron chi connectivity index (χ4n) is 4.80. The van der Waals surface area contributed by atoms with Crippen LogP contribution in [-0.2, 0) is 27.3 Å². The molecule has 116 valence electrons. The molecule has 2 bridgehead atoms. The highest BCUT2D eigenvalue weighted by Crippen LogP contribution is 2.63. The molecule has 3 heteroatoms. The number of ether oxygens (including phenoxy) is 2. The summed E-state index contributed by atoms with van der Waals surface area (Å²) in [4.78, 5) is 13.4. The summed E-state index contributed by atoms with van der Waals surface area (Å²) in [6, 6.07) is 16.0. The number of carbonyl (C=O) groups is 1. The molecule has 0 saturated carbocycles. The summed E-state index contributed by atoms with van der Waals surface area (Å²) in [7, 11) is 0. The summed E-state index contributed by atoms with van der Waals surface area (Å²) >= 11 is 0. The molecule has 1 saturated heterocycles. The number of ketones is 1. The van der Waals surface area contributed by atoms with E-state index in [1.165, 1.54) is 5.56 Å². The molecule has 0 N–H and O–H groups in total. The van der Waals surface area contributed by atoms with E-state index >= 15 is 0 Å². The summed E-state index contributed by atoms with van der Waals surface area (Å²) in [6.45, 7) is 2.54. The highest BCUT2D eigenvalue weighted by atomic mass is 16.7. The van der Waals surface area contributed by atoms with Crippen molar-refractivity contribution in [3.8, 4) is 0 Å². The summed E-state index contributed by atoms with van der Waals surface area (Å²) in [5.41, 5.74) is 3.05. The zero-order valence-corrected chi connectivity index (χ0v) is 13.0. The molecular weight excluding hydrogens is 288 g/mol. The molecule has 0 amide bonds. The number of rotatable bonds is 2. The molecule has 1 fully saturated rings. The Balaban J connectivity index is 1.80. The van der Waals surface area contributed by atoms with Gasteiger partial charge in [0.2, 0.25) is 0 Å². The second-order valence-electron chi connectivity index (χ2n) is 6.66. The first-order valence-electron chi connectivity index (χ1n) is 8.28. The minimum atomic E-state index is -0.861. The predicted octanol–water partition coefficient (Wildman–Crippen LogP) is 3.56. The van der Waals surface area contributed by atoms with Crippen molar-refractivity contribution in [3.63, 3.8) is 0 Å². The number of hydrogen-bond donors (Lipinski definition) is 0. The Morgan fingerprint density at radius 2 is 1.87 bits per heavy atom. The van der Waals surface area contributed by atoms with Gasteiger partial charge >= 0.3 is 0 Å². The van der Waals surface area contributed by atoms with Gasteiger partial charge in [0.1, 0.15) is 0 Å². The van der Waals surface area contributed by atoms with Crippen LogP contribution in [0, 0.1) is 5.92 Å². The fraction of sp³-hybridized carbons (Fsp3) is 0.350. The minimum Gasteiger partial charge on any atom is -0.346 e. The van der Waals surface area contributed by atoms with E-state index in [-0.39, 0.29) is 11.7 Å². The van der Waals surface area contributed by atoms with Gasteiger partial charge in [-0.05, 0) is 24.5 Å². The second kappa shape index (κ2) is 4.31. The smallest absolute Gasteiger partial charge is 0.200 e. The van der Waals surface area contributed by atoms with E-state index in [2.05, 4.69) is 6.07 Å². The van der Waals surface area contributed by atoms with Crippen LogP contribution in [0.2, 0.25) is 0 Å². The van der Waals surface area contributed by atoms with Crippen LogP contribution in [0.1, 0.15) is 40.4 Å². The molecule has 3 nitrogen and oxygen atoms in total. The fourth-order valence-corrected chi connectivity index (χ4v) is 4.80. The summed E-state index contributed by atoms with van der Waals surface area (Å²) in [5.74, 6) is -0.542. The van der Waals surface area contributed by atoms with Gasteiger partial charge in [-0.3, -0.25) is 4.79 Å². The first kappa shape index (κ1) is 13.5. The number of carbonyl (C=O) groups excluding carboxylic acids is 1. The van der Waals surface area contributed by atoms with Gasteiger partial charge in [0.05, 0.1) is 0 Å². The van der Waals surface area contributed by atoms with Crippen LogP contribution in [0.4, 0.5) is 0 Å². The SMILES string of the molecule is CCO[C@]12C[C@@H]3Cc4ccccc4[C@@]3(O1)C(=O)c1ccccc12. The largest absolute Gasteiger partial charge is 0.346 e. The molecule has 2 aromatic rings. The molecule has 0 aromatic heterocycles. The van der Waals surface area contributed by atoms with Crippen LogP contribution in [0.15, 0.2) is 48.5 Å². The molecule has 1 aliphatic carbocycles. The lowest BCUT2D eigenvalue weighted by molar-refractivity contribution is -0.255. The maximum Gasteiger partial charge on any atom is 0.200 e. The highest BCUT2D eigenvalue weighted by molar-refractivity contribution is 6.06. The molecule has 3 aliphatic rings. The van der Waals surface area contributed by atoms with Gasteiger partial charge in [-0.2, -0.15) is 0 Å². The van der Waals surface area contributed by atoms with Gasteiger partial charge in [0, 0.05) is 30.1 Å². The molecule has 2 aliphatic heterocycles. The monoisotopic (exact) mass is 306 g/mol. The molecule has 1 spiro atoms. The van der Waals surface area contributed by atoms with Crippen LogP contribution in [0.3, 0.4) is 0 Å². The molecule has 3 atom stereocenters. The molecule has 23 heavy (non-hydrogen) atoms. The zero-order valence-electron chi connectivity index (χ0n) is 13.0. The average molecular weight is 306 g/mol. The van der Waals surface area contributed by atoms with E-state index in [0.717, 1.165) is 29.5 Å². The second-order valence-corrected chi connectivity index (χ2v) is 6.66. The van der Waals surface area contributed by atoms with Crippen molar-refractivity contribution in [3.05, 3.63) is 70.8 Å². The Morgan fingerprint density at radius 3 is 2.70 bits per heavy atom. The Kier molecular flexibility index (Phi) is 2.52. The van der Waals surface area contributed by atoms with Crippen LogP contribution in [0.25, 0.3) is 0 Å². The van der Waals surface area contributed by atoms with Crippen molar-refractivity contribution in [2.75, 3.05) is 6.61 Å². The van der Waals surface area contributed by atoms with Gasteiger partial charge in [-0.15, -0.1) is 0 Å². The van der Waals surface area contributed by atoms with Crippen molar-refractivity contribution in [2.24, 2.45) is 5.92 Å². The summed E-state index contributed by atoms with van der Waals surface area (Å²) in [5, 5.41) is 0. The minimum absolute atomic E-state index is 0.0934. The normalized spacial score (nSPS) is 33.3. The first-order valence-corrected chi connectivity index (χ1v) is 8.28. The third-order valence-electron chi connectivity index (χ3n) is 5.60. The van der Waals surface area contributed by atoms with E-state index in [0.29, 0.717) is 6.61 Å². The molecular formula is C20H18O3. The molecule has 5 rings (SSSR count). The highest BCUT2D eigenvalue weighted by Gasteiger charge is 2.68. The molecule has 0 unspecified atom stereocenters. The lowest BCUT2D eigenvalue weighted by Gasteiger charge is -2.40.